The van der Waals surface area contributed by atoms with Crippen molar-refractivity contribution in [2.75, 3.05) is 18.5 Å². The van der Waals surface area contributed by atoms with Gasteiger partial charge in [0, 0.05) is 18.7 Å². The Balaban J connectivity index is 2.76. The van der Waals surface area contributed by atoms with Crippen LogP contribution in [0.25, 0.3) is 0 Å². The number of hydrogen-bond acceptors (Lipinski definition) is 3. The van der Waals surface area contributed by atoms with Crippen molar-refractivity contribution >= 4 is 40.8 Å². The van der Waals surface area contributed by atoms with E-state index < -0.39 is 49.6 Å². The van der Waals surface area contributed by atoms with Crippen molar-refractivity contribution in [3.05, 3.63) is 28.2 Å². The molecule has 0 saturated heterocycles. The molecule has 0 aliphatic heterocycles. The molecule has 0 fully saturated rings. The van der Waals surface area contributed by atoms with Crippen molar-refractivity contribution in [3.8, 4) is 0 Å². The van der Waals surface area contributed by atoms with E-state index in [0.29, 0.717) is 0 Å². The van der Waals surface area contributed by atoms with E-state index in [1.807, 2.05) is 5.32 Å². The monoisotopic (exact) mass is 469 g/mol. The Bertz CT molecular complexity index is 729. The third kappa shape index (κ3) is 6.54. The summed E-state index contributed by atoms with van der Waals surface area (Å²) in [5, 5.41) is 5.40. The molecule has 0 aliphatic carbocycles. The van der Waals surface area contributed by atoms with Gasteiger partial charge in [0.25, 0.3) is 0 Å². The molecule has 0 heterocycles. The zero-order valence-corrected chi connectivity index (χ0v) is 16.1. The molecule has 164 valence electrons. The molecule has 29 heavy (non-hydrogen) atoms. The van der Waals surface area contributed by atoms with Crippen LogP contribution in [0.2, 0.25) is 10.0 Å². The van der Waals surface area contributed by atoms with Crippen molar-refractivity contribution in [3.63, 3.8) is 0 Å². The highest BCUT2D eigenvalue weighted by atomic mass is 35.5. The summed E-state index contributed by atoms with van der Waals surface area (Å²) in [6, 6.07) is 3.05. The van der Waals surface area contributed by atoms with Gasteiger partial charge in [-0.25, -0.2) is 4.79 Å². The van der Waals surface area contributed by atoms with Crippen LogP contribution in [0, 0.1) is 0 Å². The molecule has 1 aromatic carbocycles. The van der Waals surface area contributed by atoms with Crippen molar-refractivity contribution in [2.24, 2.45) is 0 Å². The van der Waals surface area contributed by atoms with E-state index in [0.717, 1.165) is 12.2 Å². The number of carbonyl (C=O) groups is 2. The molecule has 0 saturated carbocycles. The SMILES string of the molecule is CCC(=O)NC(OCCNC(=O)Nc1ccc(Cl)c(Cl)c1)(C(F)(F)F)C(F)(F)F. The molecule has 0 bridgehead atoms. The average Bonchev–Trinajstić information content (AvgIpc) is 2.58. The van der Waals surface area contributed by atoms with Gasteiger partial charge >= 0.3 is 24.1 Å². The first-order valence-electron chi connectivity index (χ1n) is 7.82. The summed E-state index contributed by atoms with van der Waals surface area (Å²) in [6.45, 7) is -0.872. The maximum absolute atomic E-state index is 13.1. The number of carbonyl (C=O) groups excluding carboxylic acids is 2. The van der Waals surface area contributed by atoms with Gasteiger partial charge in [-0.3, -0.25) is 4.79 Å². The maximum atomic E-state index is 13.1. The minimum atomic E-state index is -6.00. The van der Waals surface area contributed by atoms with Gasteiger partial charge in [0.1, 0.15) is 0 Å². The van der Waals surface area contributed by atoms with Crippen molar-refractivity contribution in [2.45, 2.75) is 31.4 Å². The predicted molar refractivity (Wildman–Crippen MR) is 92.7 cm³/mol. The standard InChI is InChI=1S/C15H15Cl2F6N3O3/c1-2-11(27)26-13(14(18,19)20,15(21,22)23)29-6-5-24-12(28)25-8-3-4-9(16)10(17)7-8/h3-4,7H,2,5-6H2,1H3,(H,26,27)(H2,24,25,28). The fourth-order valence-corrected chi connectivity index (χ4v) is 2.20. The van der Waals surface area contributed by atoms with Crippen LogP contribution in [0.5, 0.6) is 0 Å². The number of ether oxygens (including phenoxy) is 1. The number of nitrogens with one attached hydrogen (secondary N) is 3. The number of rotatable bonds is 7. The van der Waals surface area contributed by atoms with E-state index in [1.54, 1.807) is 0 Å². The number of hydrogen-bond donors (Lipinski definition) is 3. The molecule has 0 radical (unpaired) electrons. The molecule has 0 unspecified atom stereocenters. The van der Waals surface area contributed by atoms with Crippen LogP contribution >= 0.6 is 23.2 Å². The number of benzene rings is 1. The summed E-state index contributed by atoms with van der Waals surface area (Å²) < 4.78 is 82.8. The van der Waals surface area contributed by atoms with Gasteiger partial charge in [0.05, 0.1) is 16.7 Å². The predicted octanol–water partition coefficient (Wildman–Crippen LogP) is 4.48. The first kappa shape index (κ1) is 25.1. The maximum Gasteiger partial charge on any atom is 0.446 e. The van der Waals surface area contributed by atoms with E-state index in [9.17, 15) is 35.9 Å². The summed E-state index contributed by atoms with van der Waals surface area (Å²) in [5.41, 5.74) is -4.73. The van der Waals surface area contributed by atoms with Gasteiger partial charge in [-0.1, -0.05) is 30.1 Å². The van der Waals surface area contributed by atoms with Gasteiger partial charge in [0.2, 0.25) is 5.91 Å². The van der Waals surface area contributed by atoms with Crippen molar-refractivity contribution < 1.29 is 40.7 Å². The number of urea groups is 1. The number of amides is 3. The van der Waals surface area contributed by atoms with Gasteiger partial charge < -0.3 is 20.7 Å². The third-order valence-electron chi connectivity index (χ3n) is 3.32. The molecule has 1 aromatic rings. The molecular formula is C15H15Cl2F6N3O3. The van der Waals surface area contributed by atoms with Gasteiger partial charge in [0.15, 0.2) is 0 Å². The fourth-order valence-electron chi connectivity index (χ4n) is 1.90. The Morgan fingerprint density at radius 1 is 1.03 bits per heavy atom. The quantitative estimate of drug-likeness (QED) is 0.313. The average molecular weight is 470 g/mol. The van der Waals surface area contributed by atoms with Gasteiger partial charge in [-0.2, -0.15) is 26.3 Å². The largest absolute Gasteiger partial charge is 0.446 e. The van der Waals surface area contributed by atoms with E-state index in [-0.39, 0.29) is 15.7 Å². The smallest absolute Gasteiger partial charge is 0.339 e. The Kier molecular flexibility index (Phi) is 8.42. The molecule has 0 aliphatic rings. The van der Waals surface area contributed by atoms with Crippen LogP contribution in [-0.4, -0.2) is 43.2 Å². The lowest BCUT2D eigenvalue weighted by Gasteiger charge is -2.37. The zero-order chi connectivity index (χ0) is 22.5. The highest BCUT2D eigenvalue weighted by Gasteiger charge is 2.73. The van der Waals surface area contributed by atoms with Crippen LogP contribution in [0.15, 0.2) is 18.2 Å². The summed E-state index contributed by atoms with van der Waals surface area (Å²) in [5.74, 6) is -1.52. The van der Waals surface area contributed by atoms with Crippen molar-refractivity contribution in [1.82, 2.24) is 10.6 Å². The lowest BCUT2D eigenvalue weighted by Crippen LogP contribution is -2.69. The van der Waals surface area contributed by atoms with E-state index in [2.05, 4.69) is 10.1 Å². The molecule has 14 heteroatoms. The van der Waals surface area contributed by atoms with Crippen LogP contribution in [0.1, 0.15) is 13.3 Å². The lowest BCUT2D eigenvalue weighted by molar-refractivity contribution is -0.388. The summed E-state index contributed by atoms with van der Waals surface area (Å²) in [7, 11) is 0. The van der Waals surface area contributed by atoms with Gasteiger partial charge in [-0.15, -0.1) is 0 Å². The molecule has 6 nitrogen and oxygen atoms in total. The minimum absolute atomic E-state index is 0.111. The molecule has 3 N–H and O–H groups in total. The molecular weight excluding hydrogens is 455 g/mol. The molecule has 0 spiro atoms. The summed E-state index contributed by atoms with van der Waals surface area (Å²) >= 11 is 11.4. The van der Waals surface area contributed by atoms with E-state index in [1.165, 1.54) is 18.2 Å². The van der Waals surface area contributed by atoms with Crippen LogP contribution in [-0.2, 0) is 9.53 Å². The van der Waals surface area contributed by atoms with E-state index >= 15 is 0 Å². The van der Waals surface area contributed by atoms with Crippen LogP contribution in [0.4, 0.5) is 36.8 Å². The summed E-state index contributed by atoms with van der Waals surface area (Å²) in [4.78, 5) is 22.9. The molecule has 3 amide bonds. The Labute approximate surface area is 170 Å². The highest BCUT2D eigenvalue weighted by molar-refractivity contribution is 6.42. The first-order chi connectivity index (χ1) is 13.2. The molecule has 1 rings (SSSR count). The molecule has 0 aromatic heterocycles. The van der Waals surface area contributed by atoms with E-state index in [4.69, 9.17) is 23.2 Å². The Hall–Kier alpha value is -1.92. The zero-order valence-electron chi connectivity index (χ0n) is 14.6. The van der Waals surface area contributed by atoms with Crippen LogP contribution < -0.4 is 16.0 Å². The first-order valence-corrected chi connectivity index (χ1v) is 8.57. The number of alkyl halides is 6. The number of halogens is 8. The minimum Gasteiger partial charge on any atom is -0.339 e. The van der Waals surface area contributed by atoms with Gasteiger partial charge in [-0.05, 0) is 18.2 Å². The summed E-state index contributed by atoms with van der Waals surface area (Å²) in [6.07, 6.45) is -12.6. The second-order valence-corrected chi connectivity index (χ2v) is 6.25. The Morgan fingerprint density at radius 2 is 1.62 bits per heavy atom. The molecule has 0 atom stereocenters. The third-order valence-corrected chi connectivity index (χ3v) is 4.06. The topological polar surface area (TPSA) is 79.5 Å². The normalized spacial score (nSPS) is 12.4. The lowest BCUT2D eigenvalue weighted by atomic mass is 10.2. The second kappa shape index (κ2) is 9.72. The van der Waals surface area contributed by atoms with Crippen LogP contribution in [0.3, 0.4) is 0 Å². The Morgan fingerprint density at radius 3 is 2.10 bits per heavy atom. The second-order valence-electron chi connectivity index (χ2n) is 5.44. The van der Waals surface area contributed by atoms with Crippen molar-refractivity contribution in [1.29, 1.82) is 0 Å². The highest BCUT2D eigenvalue weighted by Crippen LogP contribution is 2.44. The fraction of sp³-hybridized carbons (Fsp3) is 0.467. The number of anilines is 1.